The number of furan rings is 1. The number of nitrogens with one attached hydrogen (secondary N) is 3. The fourth-order valence-corrected chi connectivity index (χ4v) is 2.07. The van der Waals surface area contributed by atoms with Gasteiger partial charge in [0.15, 0.2) is 11.5 Å². The first-order valence-electron chi connectivity index (χ1n) is 7.03. The lowest BCUT2D eigenvalue weighted by molar-refractivity contribution is 0.490. The first-order valence-corrected chi connectivity index (χ1v) is 7.03. The third-order valence-electron chi connectivity index (χ3n) is 3.14. The summed E-state index contributed by atoms with van der Waals surface area (Å²) in [5.74, 6) is 2.13. The lowest BCUT2D eigenvalue weighted by Gasteiger charge is -2.13. The van der Waals surface area contributed by atoms with E-state index in [1.807, 2.05) is 19.1 Å². The molecule has 0 saturated heterocycles. The molecule has 0 aliphatic rings. The number of aromatic amines is 1. The van der Waals surface area contributed by atoms with Crippen LogP contribution < -0.4 is 10.6 Å². The maximum atomic E-state index is 5.41. The zero-order valence-corrected chi connectivity index (χ0v) is 12.1. The molecule has 0 bridgehead atoms. The van der Waals surface area contributed by atoms with Gasteiger partial charge in [0.05, 0.1) is 18.6 Å². The minimum absolute atomic E-state index is 0.000394. The maximum Gasteiger partial charge on any atom is 0.226 e. The first-order chi connectivity index (χ1) is 10.3. The van der Waals surface area contributed by atoms with Crippen molar-refractivity contribution >= 4 is 22.9 Å². The monoisotopic (exact) mass is 286 g/mol. The molecular formula is C14H18N6O. The molecule has 0 radical (unpaired) electrons. The molecule has 1 unspecified atom stereocenters. The molecule has 3 aromatic rings. The summed E-state index contributed by atoms with van der Waals surface area (Å²) in [6, 6.07) is 3.80. The van der Waals surface area contributed by atoms with Crippen LogP contribution in [0.1, 0.15) is 32.1 Å². The van der Waals surface area contributed by atoms with Gasteiger partial charge in [-0.2, -0.15) is 9.97 Å². The number of fused-ring (bicyclic) bond motifs is 1. The molecule has 0 fully saturated rings. The van der Waals surface area contributed by atoms with E-state index in [1.165, 1.54) is 0 Å². The minimum atomic E-state index is 0.000394. The Balaban J connectivity index is 1.90. The van der Waals surface area contributed by atoms with Gasteiger partial charge in [0.25, 0.3) is 0 Å². The topological polar surface area (TPSA) is 91.7 Å². The van der Waals surface area contributed by atoms with Crippen molar-refractivity contribution < 1.29 is 4.42 Å². The standard InChI is InChI=1S/C14H18N6O/c1-3-6-15-14-19-12-11(16-8-17-12)13(20-14)18-9(2)10-5-4-7-21-10/h4-5,7-9H,3,6H2,1-2H3,(H3,15,16,17,18,19,20). The Kier molecular flexibility index (Phi) is 3.72. The third kappa shape index (κ3) is 2.81. The molecule has 21 heavy (non-hydrogen) atoms. The van der Waals surface area contributed by atoms with Gasteiger partial charge >= 0.3 is 0 Å². The summed E-state index contributed by atoms with van der Waals surface area (Å²) in [5, 5.41) is 6.52. The smallest absolute Gasteiger partial charge is 0.226 e. The van der Waals surface area contributed by atoms with E-state index in [0.717, 1.165) is 24.2 Å². The predicted molar refractivity (Wildman–Crippen MR) is 81.2 cm³/mol. The molecule has 0 aliphatic heterocycles. The third-order valence-corrected chi connectivity index (χ3v) is 3.14. The second-order valence-electron chi connectivity index (χ2n) is 4.81. The van der Waals surface area contributed by atoms with E-state index >= 15 is 0 Å². The average molecular weight is 286 g/mol. The normalized spacial score (nSPS) is 12.5. The molecule has 7 heteroatoms. The number of nitrogens with zero attached hydrogens (tertiary/aromatic N) is 3. The van der Waals surface area contributed by atoms with Crippen LogP contribution in [0.15, 0.2) is 29.1 Å². The highest BCUT2D eigenvalue weighted by molar-refractivity contribution is 5.83. The molecule has 0 amide bonds. The van der Waals surface area contributed by atoms with Crippen LogP contribution in [-0.4, -0.2) is 26.5 Å². The molecule has 110 valence electrons. The fraction of sp³-hybridized carbons (Fsp3) is 0.357. The molecule has 3 aromatic heterocycles. The Hall–Kier alpha value is -2.57. The van der Waals surface area contributed by atoms with Crippen molar-refractivity contribution in [1.82, 2.24) is 19.9 Å². The van der Waals surface area contributed by atoms with Crippen LogP contribution in [0.5, 0.6) is 0 Å². The Morgan fingerprint density at radius 2 is 2.29 bits per heavy atom. The summed E-state index contributed by atoms with van der Waals surface area (Å²) >= 11 is 0. The molecule has 1 atom stereocenters. The van der Waals surface area contributed by atoms with Crippen LogP contribution in [0.4, 0.5) is 11.8 Å². The van der Waals surface area contributed by atoms with Crippen molar-refractivity contribution in [1.29, 1.82) is 0 Å². The van der Waals surface area contributed by atoms with Crippen molar-refractivity contribution in [3.8, 4) is 0 Å². The maximum absolute atomic E-state index is 5.41. The van der Waals surface area contributed by atoms with E-state index in [4.69, 9.17) is 4.42 Å². The highest BCUT2D eigenvalue weighted by atomic mass is 16.3. The molecule has 0 aromatic carbocycles. The van der Waals surface area contributed by atoms with Gasteiger partial charge in [-0.1, -0.05) is 6.92 Å². The van der Waals surface area contributed by atoms with Gasteiger partial charge in [0, 0.05) is 6.54 Å². The number of H-pyrrole nitrogens is 1. The van der Waals surface area contributed by atoms with Crippen LogP contribution in [0.3, 0.4) is 0 Å². The van der Waals surface area contributed by atoms with Gasteiger partial charge in [-0.05, 0) is 25.5 Å². The highest BCUT2D eigenvalue weighted by Crippen LogP contribution is 2.24. The van der Waals surface area contributed by atoms with E-state index < -0.39 is 0 Å². The van der Waals surface area contributed by atoms with Gasteiger partial charge in [0.1, 0.15) is 11.3 Å². The number of imidazole rings is 1. The summed E-state index contributed by atoms with van der Waals surface area (Å²) in [6.07, 6.45) is 4.28. The van der Waals surface area contributed by atoms with Crippen LogP contribution in [0, 0.1) is 0 Å². The van der Waals surface area contributed by atoms with E-state index in [1.54, 1.807) is 12.6 Å². The lowest BCUT2D eigenvalue weighted by atomic mass is 10.2. The number of hydrogen-bond donors (Lipinski definition) is 3. The number of rotatable bonds is 6. The molecule has 3 N–H and O–H groups in total. The molecule has 7 nitrogen and oxygen atoms in total. The number of hydrogen-bond acceptors (Lipinski definition) is 6. The van der Waals surface area contributed by atoms with Crippen molar-refractivity contribution in [3.05, 3.63) is 30.5 Å². The van der Waals surface area contributed by atoms with Crippen LogP contribution in [-0.2, 0) is 0 Å². The van der Waals surface area contributed by atoms with Crippen molar-refractivity contribution in [2.45, 2.75) is 26.3 Å². The lowest BCUT2D eigenvalue weighted by Crippen LogP contribution is -2.11. The summed E-state index contributed by atoms with van der Waals surface area (Å²) < 4.78 is 5.41. The zero-order chi connectivity index (χ0) is 14.7. The summed E-state index contributed by atoms with van der Waals surface area (Å²) in [4.78, 5) is 16.2. The van der Waals surface area contributed by atoms with Gasteiger partial charge in [0.2, 0.25) is 5.95 Å². The van der Waals surface area contributed by atoms with Gasteiger partial charge in [-0.25, -0.2) is 4.98 Å². The van der Waals surface area contributed by atoms with E-state index in [-0.39, 0.29) is 6.04 Å². The first kappa shape index (κ1) is 13.4. The minimum Gasteiger partial charge on any atom is -0.467 e. The summed E-state index contributed by atoms with van der Waals surface area (Å²) in [6.45, 7) is 4.93. The Labute approximate surface area is 122 Å². The van der Waals surface area contributed by atoms with E-state index in [0.29, 0.717) is 17.4 Å². The zero-order valence-electron chi connectivity index (χ0n) is 12.1. The van der Waals surface area contributed by atoms with Crippen molar-refractivity contribution in [3.63, 3.8) is 0 Å². The van der Waals surface area contributed by atoms with Crippen molar-refractivity contribution in [2.24, 2.45) is 0 Å². The predicted octanol–water partition coefficient (Wildman–Crippen LogP) is 2.94. The molecule has 0 saturated carbocycles. The van der Waals surface area contributed by atoms with Crippen molar-refractivity contribution in [2.75, 3.05) is 17.2 Å². The van der Waals surface area contributed by atoms with E-state index in [9.17, 15) is 0 Å². The fourth-order valence-electron chi connectivity index (χ4n) is 2.07. The second-order valence-corrected chi connectivity index (χ2v) is 4.81. The highest BCUT2D eigenvalue weighted by Gasteiger charge is 2.14. The van der Waals surface area contributed by atoms with Gasteiger partial charge in [-0.15, -0.1) is 0 Å². The van der Waals surface area contributed by atoms with E-state index in [2.05, 4.69) is 37.5 Å². The molecule has 0 aliphatic carbocycles. The van der Waals surface area contributed by atoms with Crippen LogP contribution in [0.25, 0.3) is 11.2 Å². The summed E-state index contributed by atoms with van der Waals surface area (Å²) in [5.41, 5.74) is 1.42. The molecule has 3 heterocycles. The van der Waals surface area contributed by atoms with Gasteiger partial charge < -0.3 is 20.0 Å². The molecule has 0 spiro atoms. The largest absolute Gasteiger partial charge is 0.467 e. The second kappa shape index (κ2) is 5.82. The average Bonchev–Trinajstić information content (AvgIpc) is 3.15. The number of aromatic nitrogens is 4. The Morgan fingerprint density at radius 3 is 3.05 bits per heavy atom. The van der Waals surface area contributed by atoms with Gasteiger partial charge in [-0.3, -0.25) is 0 Å². The number of anilines is 2. The Bertz CT molecular complexity index is 705. The Morgan fingerprint density at radius 1 is 1.38 bits per heavy atom. The van der Waals surface area contributed by atoms with Crippen LogP contribution >= 0.6 is 0 Å². The quantitative estimate of drug-likeness (QED) is 0.645. The molecule has 3 rings (SSSR count). The van der Waals surface area contributed by atoms with Crippen LogP contribution in [0.2, 0.25) is 0 Å². The molecular weight excluding hydrogens is 268 g/mol. The summed E-state index contributed by atoms with van der Waals surface area (Å²) in [7, 11) is 0. The SMILES string of the molecule is CCCNc1nc(NC(C)c2ccco2)c2[nH]cnc2n1.